The molecule has 0 fully saturated rings. The third-order valence-electron chi connectivity index (χ3n) is 2.67. The zero-order chi connectivity index (χ0) is 13.1. The fourth-order valence-electron chi connectivity index (χ4n) is 1.39. The van der Waals surface area contributed by atoms with Gasteiger partial charge in [-0.05, 0) is 31.5 Å². The van der Waals surface area contributed by atoms with E-state index in [-0.39, 0.29) is 5.75 Å². The first-order valence-electron chi connectivity index (χ1n) is 5.48. The van der Waals surface area contributed by atoms with Crippen LogP contribution in [0.1, 0.15) is 25.5 Å². The number of nitrogens with two attached hydrogens (primary N) is 1. The Kier molecular flexibility index (Phi) is 4.54. The van der Waals surface area contributed by atoms with Gasteiger partial charge in [0.1, 0.15) is 5.75 Å². The van der Waals surface area contributed by atoms with Gasteiger partial charge in [-0.1, -0.05) is 12.1 Å². The Labute approximate surface area is 103 Å². The molecule has 2 N–H and O–H groups in total. The first kappa shape index (κ1) is 14.0. The highest BCUT2D eigenvalue weighted by Crippen LogP contribution is 2.18. The maximum absolute atomic E-state index is 11.7. The van der Waals surface area contributed by atoms with Crippen molar-refractivity contribution in [1.29, 1.82) is 0 Å². The minimum absolute atomic E-state index is 0.0308. The smallest absolute Gasteiger partial charge is 0.154 e. The average molecular weight is 257 g/mol. The summed E-state index contributed by atoms with van der Waals surface area (Å²) in [5.41, 5.74) is 6.69. The van der Waals surface area contributed by atoms with E-state index in [2.05, 4.69) is 0 Å². The van der Waals surface area contributed by atoms with E-state index in [1.54, 1.807) is 45.2 Å². The standard InChI is InChI=1S/C12H19NO3S/c1-9(2)17(14,15)8-12(13)10-4-6-11(16-3)7-5-10/h4-7,9,12H,8,13H2,1-3H3. The number of hydrogen-bond donors (Lipinski definition) is 1. The largest absolute Gasteiger partial charge is 0.497 e. The van der Waals surface area contributed by atoms with Gasteiger partial charge in [0.25, 0.3) is 0 Å². The summed E-state index contributed by atoms with van der Waals surface area (Å²) in [5, 5.41) is -0.396. The maximum atomic E-state index is 11.7. The third kappa shape index (κ3) is 3.71. The summed E-state index contributed by atoms with van der Waals surface area (Å²) in [6.07, 6.45) is 0. The topological polar surface area (TPSA) is 69.4 Å². The van der Waals surface area contributed by atoms with Gasteiger partial charge in [-0.2, -0.15) is 0 Å². The number of methoxy groups -OCH3 is 1. The monoisotopic (exact) mass is 257 g/mol. The Morgan fingerprint density at radius 1 is 1.24 bits per heavy atom. The lowest BCUT2D eigenvalue weighted by molar-refractivity contribution is 0.414. The minimum Gasteiger partial charge on any atom is -0.497 e. The lowest BCUT2D eigenvalue weighted by Gasteiger charge is -2.14. The zero-order valence-electron chi connectivity index (χ0n) is 10.4. The van der Waals surface area contributed by atoms with E-state index in [0.29, 0.717) is 0 Å². The number of benzene rings is 1. The Hall–Kier alpha value is -1.07. The summed E-state index contributed by atoms with van der Waals surface area (Å²) in [5.74, 6) is 0.699. The molecule has 1 atom stereocenters. The van der Waals surface area contributed by atoms with Crippen molar-refractivity contribution in [1.82, 2.24) is 0 Å². The zero-order valence-corrected chi connectivity index (χ0v) is 11.2. The Morgan fingerprint density at radius 3 is 2.18 bits per heavy atom. The van der Waals surface area contributed by atoms with E-state index < -0.39 is 21.1 Å². The maximum Gasteiger partial charge on any atom is 0.154 e. The van der Waals surface area contributed by atoms with Gasteiger partial charge in [0.2, 0.25) is 0 Å². The second-order valence-electron chi connectivity index (χ2n) is 4.26. The van der Waals surface area contributed by atoms with Crippen molar-refractivity contribution in [3.05, 3.63) is 29.8 Å². The fraction of sp³-hybridized carbons (Fsp3) is 0.500. The van der Waals surface area contributed by atoms with E-state index in [4.69, 9.17) is 10.5 Å². The molecule has 0 radical (unpaired) electrons. The van der Waals surface area contributed by atoms with Crippen LogP contribution in [-0.2, 0) is 9.84 Å². The Morgan fingerprint density at radius 2 is 1.76 bits per heavy atom. The molecule has 1 rings (SSSR count). The number of rotatable bonds is 5. The highest BCUT2D eigenvalue weighted by atomic mass is 32.2. The first-order valence-corrected chi connectivity index (χ1v) is 7.19. The summed E-state index contributed by atoms with van der Waals surface area (Å²) in [4.78, 5) is 0. The van der Waals surface area contributed by atoms with E-state index >= 15 is 0 Å². The first-order chi connectivity index (χ1) is 7.86. The van der Waals surface area contributed by atoms with Crippen molar-refractivity contribution >= 4 is 9.84 Å². The van der Waals surface area contributed by atoms with Crippen LogP contribution in [0.4, 0.5) is 0 Å². The summed E-state index contributed by atoms with van der Waals surface area (Å²) in [6.45, 7) is 3.33. The molecule has 0 bridgehead atoms. The highest BCUT2D eigenvalue weighted by molar-refractivity contribution is 7.92. The molecule has 0 spiro atoms. The van der Waals surface area contributed by atoms with Crippen LogP contribution in [0.3, 0.4) is 0 Å². The van der Waals surface area contributed by atoms with Gasteiger partial charge < -0.3 is 10.5 Å². The van der Waals surface area contributed by atoms with Gasteiger partial charge in [-0.25, -0.2) is 8.42 Å². The Bertz CT molecular complexity index is 451. The molecule has 17 heavy (non-hydrogen) atoms. The van der Waals surface area contributed by atoms with Crippen molar-refractivity contribution in [3.63, 3.8) is 0 Å². The molecule has 1 aromatic rings. The molecule has 1 unspecified atom stereocenters. The van der Waals surface area contributed by atoms with Crippen molar-refractivity contribution in [2.75, 3.05) is 12.9 Å². The predicted octanol–water partition coefficient (Wildman–Crippen LogP) is 1.52. The van der Waals surface area contributed by atoms with E-state index in [1.165, 1.54) is 0 Å². The summed E-state index contributed by atoms with van der Waals surface area (Å²) >= 11 is 0. The molecule has 0 amide bonds. The molecule has 0 heterocycles. The molecule has 0 saturated carbocycles. The van der Waals surface area contributed by atoms with Gasteiger partial charge in [0.15, 0.2) is 9.84 Å². The lowest BCUT2D eigenvalue weighted by Crippen LogP contribution is -2.26. The van der Waals surface area contributed by atoms with Gasteiger partial charge in [0, 0.05) is 6.04 Å². The van der Waals surface area contributed by atoms with Crippen molar-refractivity contribution in [2.45, 2.75) is 25.1 Å². The number of sulfone groups is 1. The fourth-order valence-corrected chi connectivity index (χ4v) is 2.47. The van der Waals surface area contributed by atoms with Crippen LogP contribution in [0.5, 0.6) is 5.75 Å². The van der Waals surface area contributed by atoms with Crippen LogP contribution in [0, 0.1) is 0 Å². The quantitative estimate of drug-likeness (QED) is 0.868. The molecule has 0 saturated heterocycles. The molecule has 4 nitrogen and oxygen atoms in total. The normalized spacial score (nSPS) is 13.7. The molecule has 5 heteroatoms. The van der Waals surface area contributed by atoms with Crippen LogP contribution >= 0.6 is 0 Å². The van der Waals surface area contributed by atoms with Crippen molar-refractivity contribution < 1.29 is 13.2 Å². The molecule has 96 valence electrons. The number of hydrogen-bond acceptors (Lipinski definition) is 4. The summed E-state index contributed by atoms with van der Waals surface area (Å²) in [6, 6.07) is 6.64. The molecule has 0 aliphatic heterocycles. The SMILES string of the molecule is COc1ccc(C(N)CS(=O)(=O)C(C)C)cc1. The van der Waals surface area contributed by atoms with Crippen molar-refractivity contribution in [2.24, 2.45) is 5.73 Å². The molecular formula is C12H19NO3S. The minimum atomic E-state index is -3.12. The van der Waals surface area contributed by atoms with Gasteiger partial charge in [-0.3, -0.25) is 0 Å². The molecular weight excluding hydrogens is 238 g/mol. The second-order valence-corrected chi connectivity index (χ2v) is 6.86. The summed E-state index contributed by atoms with van der Waals surface area (Å²) in [7, 11) is -1.54. The van der Waals surface area contributed by atoms with Crippen LogP contribution in [0.2, 0.25) is 0 Å². The second kappa shape index (κ2) is 5.51. The summed E-state index contributed by atoms with van der Waals surface area (Å²) < 4.78 is 28.5. The van der Waals surface area contributed by atoms with Gasteiger partial charge in [0.05, 0.1) is 18.1 Å². The third-order valence-corrected chi connectivity index (χ3v) is 4.93. The van der Waals surface area contributed by atoms with Crippen LogP contribution in [-0.4, -0.2) is 26.5 Å². The predicted molar refractivity (Wildman–Crippen MR) is 68.8 cm³/mol. The van der Waals surface area contributed by atoms with Crippen molar-refractivity contribution in [3.8, 4) is 5.75 Å². The van der Waals surface area contributed by atoms with Gasteiger partial charge >= 0.3 is 0 Å². The van der Waals surface area contributed by atoms with Crippen LogP contribution in [0.15, 0.2) is 24.3 Å². The lowest BCUT2D eigenvalue weighted by atomic mass is 10.1. The van der Waals surface area contributed by atoms with Crippen LogP contribution < -0.4 is 10.5 Å². The molecule has 0 aliphatic carbocycles. The molecule has 0 aliphatic rings. The molecule has 1 aromatic carbocycles. The highest BCUT2D eigenvalue weighted by Gasteiger charge is 2.21. The van der Waals surface area contributed by atoms with E-state index in [0.717, 1.165) is 11.3 Å². The van der Waals surface area contributed by atoms with E-state index in [1.807, 2.05) is 0 Å². The average Bonchev–Trinajstić information content (AvgIpc) is 2.28. The Balaban J connectivity index is 2.80. The molecule has 0 aromatic heterocycles. The van der Waals surface area contributed by atoms with Gasteiger partial charge in [-0.15, -0.1) is 0 Å². The van der Waals surface area contributed by atoms with E-state index in [9.17, 15) is 8.42 Å². The van der Waals surface area contributed by atoms with Crippen LogP contribution in [0.25, 0.3) is 0 Å². The number of ether oxygens (including phenoxy) is 1.